The van der Waals surface area contributed by atoms with Gasteiger partial charge in [0.2, 0.25) is 0 Å². The Morgan fingerprint density at radius 3 is 2.64 bits per heavy atom. The van der Waals surface area contributed by atoms with E-state index in [9.17, 15) is 0 Å². The Hall–Kier alpha value is -2.49. The highest BCUT2D eigenvalue weighted by Crippen LogP contribution is 2.42. The molecule has 2 aliphatic heterocycles. The maximum atomic E-state index is 5.32. The largest absolute Gasteiger partial charge is 0.497 e. The number of anilines is 1. The summed E-state index contributed by atoms with van der Waals surface area (Å²) in [6.45, 7) is 10.7. The van der Waals surface area contributed by atoms with Crippen LogP contribution >= 0.6 is 0 Å². The molecule has 1 atom stereocenters. The van der Waals surface area contributed by atoms with Gasteiger partial charge in [0.05, 0.1) is 13.7 Å². The SMILES string of the molecule is COc1ccc(CN2CCC(C3=NCCN3)c3cc(C)cc(C(C)C)c32)cc1. The van der Waals surface area contributed by atoms with Crippen molar-refractivity contribution in [3.63, 3.8) is 0 Å². The van der Waals surface area contributed by atoms with Crippen molar-refractivity contribution in [2.75, 3.05) is 31.6 Å². The van der Waals surface area contributed by atoms with Gasteiger partial charge < -0.3 is 15.0 Å². The normalized spacial score (nSPS) is 18.7. The summed E-state index contributed by atoms with van der Waals surface area (Å²) in [6, 6.07) is 13.2. The molecule has 0 fully saturated rings. The molecule has 1 unspecified atom stereocenters. The number of hydrogen-bond donors (Lipinski definition) is 1. The summed E-state index contributed by atoms with van der Waals surface area (Å²) >= 11 is 0. The zero-order valence-corrected chi connectivity index (χ0v) is 17.5. The minimum Gasteiger partial charge on any atom is -0.497 e. The fraction of sp³-hybridized carbons (Fsp3) is 0.458. The van der Waals surface area contributed by atoms with Crippen LogP contribution in [0.15, 0.2) is 41.4 Å². The molecule has 148 valence electrons. The Balaban J connectivity index is 1.74. The Labute approximate surface area is 168 Å². The van der Waals surface area contributed by atoms with Crippen molar-refractivity contribution in [3.05, 3.63) is 58.7 Å². The number of amidine groups is 1. The van der Waals surface area contributed by atoms with Gasteiger partial charge in [0.25, 0.3) is 0 Å². The molecule has 0 saturated carbocycles. The zero-order valence-electron chi connectivity index (χ0n) is 17.5. The predicted molar refractivity (Wildman–Crippen MR) is 117 cm³/mol. The molecule has 0 amide bonds. The van der Waals surface area contributed by atoms with E-state index < -0.39 is 0 Å². The first-order valence-corrected chi connectivity index (χ1v) is 10.4. The fourth-order valence-electron chi connectivity index (χ4n) is 4.50. The third-order valence-electron chi connectivity index (χ3n) is 5.88. The van der Waals surface area contributed by atoms with Crippen LogP contribution in [0.1, 0.15) is 54.4 Å². The molecule has 2 aliphatic rings. The van der Waals surface area contributed by atoms with E-state index in [4.69, 9.17) is 9.73 Å². The Morgan fingerprint density at radius 2 is 2.00 bits per heavy atom. The van der Waals surface area contributed by atoms with Gasteiger partial charge in [-0.1, -0.05) is 43.7 Å². The van der Waals surface area contributed by atoms with Crippen molar-refractivity contribution >= 4 is 11.5 Å². The Kier molecular flexibility index (Phi) is 5.29. The number of fused-ring (bicyclic) bond motifs is 1. The number of benzene rings is 2. The molecule has 0 aromatic heterocycles. The van der Waals surface area contributed by atoms with Crippen LogP contribution in [0.2, 0.25) is 0 Å². The smallest absolute Gasteiger partial charge is 0.118 e. The van der Waals surface area contributed by atoms with Crippen molar-refractivity contribution in [2.45, 2.75) is 45.6 Å². The van der Waals surface area contributed by atoms with E-state index in [2.05, 4.69) is 67.4 Å². The zero-order chi connectivity index (χ0) is 19.7. The minimum absolute atomic E-state index is 0.391. The van der Waals surface area contributed by atoms with E-state index >= 15 is 0 Å². The molecular weight excluding hydrogens is 346 g/mol. The standard InChI is InChI=1S/C24H31N3O/c1-16(2)21-13-17(3)14-22-20(24-25-10-11-26-24)9-12-27(23(21)22)15-18-5-7-19(28-4)8-6-18/h5-8,13-14,16,20H,9-12,15H2,1-4H3,(H,25,26). The van der Waals surface area contributed by atoms with Gasteiger partial charge in [0, 0.05) is 31.2 Å². The molecule has 4 rings (SSSR count). The monoisotopic (exact) mass is 377 g/mol. The summed E-state index contributed by atoms with van der Waals surface area (Å²) in [4.78, 5) is 7.33. The lowest BCUT2D eigenvalue weighted by Crippen LogP contribution is -2.37. The topological polar surface area (TPSA) is 36.9 Å². The number of aryl methyl sites for hydroxylation is 1. The molecule has 1 N–H and O–H groups in total. The van der Waals surface area contributed by atoms with Gasteiger partial charge in [-0.25, -0.2) is 0 Å². The second-order valence-corrected chi connectivity index (χ2v) is 8.25. The molecule has 28 heavy (non-hydrogen) atoms. The molecule has 0 bridgehead atoms. The van der Waals surface area contributed by atoms with E-state index in [-0.39, 0.29) is 0 Å². The molecule has 2 aromatic rings. The average Bonchev–Trinajstić information content (AvgIpc) is 3.22. The number of ether oxygens (including phenoxy) is 1. The quantitative estimate of drug-likeness (QED) is 0.826. The van der Waals surface area contributed by atoms with Crippen molar-refractivity contribution in [3.8, 4) is 5.75 Å². The number of nitrogens with zero attached hydrogens (tertiary/aromatic N) is 2. The first-order chi connectivity index (χ1) is 13.6. The van der Waals surface area contributed by atoms with E-state index in [1.165, 1.54) is 33.8 Å². The maximum Gasteiger partial charge on any atom is 0.118 e. The number of methoxy groups -OCH3 is 1. The molecule has 0 aliphatic carbocycles. The van der Waals surface area contributed by atoms with Crippen LogP contribution in [0.4, 0.5) is 5.69 Å². The van der Waals surface area contributed by atoms with Crippen molar-refractivity contribution in [1.29, 1.82) is 0 Å². The molecule has 4 nitrogen and oxygen atoms in total. The molecule has 2 aromatic carbocycles. The summed E-state index contributed by atoms with van der Waals surface area (Å²) in [5, 5.41) is 3.53. The molecule has 0 radical (unpaired) electrons. The van der Waals surface area contributed by atoms with Crippen LogP contribution in [0.5, 0.6) is 5.75 Å². The van der Waals surface area contributed by atoms with Gasteiger partial charge in [-0.3, -0.25) is 4.99 Å². The Bertz CT molecular complexity index is 870. The first kappa shape index (κ1) is 18.9. The molecule has 0 saturated heterocycles. The van der Waals surface area contributed by atoms with Gasteiger partial charge in [0.1, 0.15) is 11.6 Å². The van der Waals surface area contributed by atoms with E-state index in [1.807, 2.05) is 0 Å². The lowest BCUT2D eigenvalue weighted by atomic mass is 9.83. The minimum atomic E-state index is 0.391. The predicted octanol–water partition coefficient (Wildman–Crippen LogP) is 4.62. The van der Waals surface area contributed by atoms with Crippen LogP contribution in [-0.2, 0) is 6.54 Å². The number of aliphatic imine (C=N–C) groups is 1. The summed E-state index contributed by atoms with van der Waals surface area (Å²) in [5.74, 6) is 2.98. The first-order valence-electron chi connectivity index (χ1n) is 10.4. The van der Waals surface area contributed by atoms with E-state index in [1.54, 1.807) is 7.11 Å². The highest BCUT2D eigenvalue weighted by atomic mass is 16.5. The highest BCUT2D eigenvalue weighted by molar-refractivity contribution is 5.92. The molecule has 0 spiro atoms. The van der Waals surface area contributed by atoms with E-state index in [0.717, 1.165) is 38.3 Å². The summed E-state index contributed by atoms with van der Waals surface area (Å²) in [7, 11) is 1.72. The lowest BCUT2D eigenvalue weighted by molar-refractivity contribution is 0.414. The summed E-state index contributed by atoms with van der Waals surface area (Å²) in [6.07, 6.45) is 1.11. The van der Waals surface area contributed by atoms with Gasteiger partial charge in [-0.15, -0.1) is 0 Å². The number of hydrogen-bond acceptors (Lipinski definition) is 4. The third-order valence-corrected chi connectivity index (χ3v) is 5.88. The average molecular weight is 378 g/mol. The second-order valence-electron chi connectivity index (χ2n) is 8.25. The maximum absolute atomic E-state index is 5.32. The van der Waals surface area contributed by atoms with Gasteiger partial charge >= 0.3 is 0 Å². The molecule has 4 heteroatoms. The van der Waals surface area contributed by atoms with E-state index in [0.29, 0.717) is 11.8 Å². The highest BCUT2D eigenvalue weighted by Gasteiger charge is 2.32. The van der Waals surface area contributed by atoms with Crippen molar-refractivity contribution < 1.29 is 4.74 Å². The van der Waals surface area contributed by atoms with Crippen LogP contribution in [0.25, 0.3) is 0 Å². The summed E-state index contributed by atoms with van der Waals surface area (Å²) in [5.41, 5.74) is 6.97. The molecular formula is C24H31N3O. The number of nitrogens with one attached hydrogen (secondary N) is 1. The van der Waals surface area contributed by atoms with Crippen LogP contribution < -0.4 is 15.0 Å². The third kappa shape index (κ3) is 3.60. The van der Waals surface area contributed by atoms with Gasteiger partial charge in [0.15, 0.2) is 0 Å². The van der Waals surface area contributed by atoms with Gasteiger partial charge in [-0.2, -0.15) is 0 Å². The van der Waals surface area contributed by atoms with Crippen molar-refractivity contribution in [1.82, 2.24) is 5.32 Å². The molecule has 2 heterocycles. The number of rotatable bonds is 5. The fourth-order valence-corrected chi connectivity index (χ4v) is 4.50. The van der Waals surface area contributed by atoms with Crippen molar-refractivity contribution in [2.24, 2.45) is 4.99 Å². The van der Waals surface area contributed by atoms with Crippen LogP contribution in [-0.4, -0.2) is 32.6 Å². The Morgan fingerprint density at radius 1 is 1.21 bits per heavy atom. The van der Waals surface area contributed by atoms with Gasteiger partial charge in [-0.05, 0) is 48.1 Å². The van der Waals surface area contributed by atoms with Crippen LogP contribution in [0, 0.1) is 6.92 Å². The summed E-state index contributed by atoms with van der Waals surface area (Å²) < 4.78 is 5.32. The van der Waals surface area contributed by atoms with Crippen LogP contribution in [0.3, 0.4) is 0 Å². The lowest BCUT2D eigenvalue weighted by Gasteiger charge is -2.38. The second kappa shape index (κ2) is 7.86.